The normalized spacial score (nSPS) is 10.2. The number of esters is 3. The maximum absolute atomic E-state index is 11.9. The van der Waals surface area contributed by atoms with E-state index in [9.17, 15) is 24.0 Å². The fraction of sp³-hybridized carbons (Fsp3) is 0.520. The Morgan fingerprint density at radius 3 is 2.16 bits per heavy atom. The van der Waals surface area contributed by atoms with Crippen molar-refractivity contribution in [1.29, 1.82) is 0 Å². The van der Waals surface area contributed by atoms with Crippen LogP contribution in [0.5, 0.6) is 0 Å². The lowest BCUT2D eigenvalue weighted by molar-refractivity contribution is -0.697. The van der Waals surface area contributed by atoms with Crippen LogP contribution in [0.3, 0.4) is 0 Å². The SMILES string of the molecule is C=C(C)C(=O)OCCNC(=O)OCC[n+]1ccn(CCCNC(=O)CCC(=O)OCCOC(=O)C(=C)C)c1. The van der Waals surface area contributed by atoms with Crippen molar-refractivity contribution in [3.8, 4) is 0 Å². The van der Waals surface area contributed by atoms with Gasteiger partial charge in [-0.3, -0.25) is 9.59 Å². The first kappa shape index (κ1) is 31.9. The molecule has 0 aliphatic rings. The maximum Gasteiger partial charge on any atom is 0.407 e. The van der Waals surface area contributed by atoms with E-state index >= 15 is 0 Å². The lowest BCUT2D eigenvalue weighted by atomic mass is 10.3. The molecule has 0 bridgehead atoms. The minimum atomic E-state index is -0.607. The molecule has 2 N–H and O–H groups in total. The standard InChI is InChI=1S/C25H36N4O9/c1-19(2)23(32)36-14-9-27-25(34)38-15-13-29-12-11-28(18-29)10-5-8-26-21(30)6-7-22(31)35-16-17-37-24(33)20(3)4/h11-12,18H,1,3,5-10,13-17H2,2,4H3,(H-,26,27,30,34)/p+1. The fourth-order valence-corrected chi connectivity index (χ4v) is 2.70. The van der Waals surface area contributed by atoms with Crippen LogP contribution in [0, 0.1) is 0 Å². The Kier molecular flexibility index (Phi) is 15.2. The van der Waals surface area contributed by atoms with Crippen molar-refractivity contribution in [3.05, 3.63) is 43.0 Å². The summed E-state index contributed by atoms with van der Waals surface area (Å²) in [5.41, 5.74) is 0.546. The minimum absolute atomic E-state index is 0.00112. The van der Waals surface area contributed by atoms with Crippen LogP contribution in [0.4, 0.5) is 4.79 Å². The smallest absolute Gasteiger partial charge is 0.407 e. The largest absolute Gasteiger partial charge is 0.462 e. The third-order valence-corrected chi connectivity index (χ3v) is 4.68. The number of nitrogens with one attached hydrogen (secondary N) is 2. The number of carbonyl (C=O) groups is 5. The van der Waals surface area contributed by atoms with E-state index in [4.69, 9.17) is 18.9 Å². The molecule has 1 heterocycles. The van der Waals surface area contributed by atoms with Crippen molar-refractivity contribution in [2.45, 2.75) is 46.2 Å². The molecule has 2 amide bonds. The predicted octanol–water partition coefficient (Wildman–Crippen LogP) is 0.570. The molecular weight excluding hydrogens is 500 g/mol. The Hall–Kier alpha value is -4.16. The first-order valence-electron chi connectivity index (χ1n) is 12.1. The number of rotatable bonds is 18. The number of ether oxygens (including phenoxy) is 4. The first-order valence-corrected chi connectivity index (χ1v) is 12.1. The molecule has 0 saturated carbocycles. The van der Waals surface area contributed by atoms with E-state index < -0.39 is 24.0 Å². The average Bonchev–Trinajstić information content (AvgIpc) is 3.32. The van der Waals surface area contributed by atoms with Crippen molar-refractivity contribution in [1.82, 2.24) is 15.2 Å². The molecule has 0 aliphatic carbocycles. The number of aromatic nitrogens is 2. The van der Waals surface area contributed by atoms with Gasteiger partial charge in [-0.25, -0.2) is 23.5 Å². The second kappa shape index (κ2) is 18.1. The molecule has 210 valence electrons. The molecule has 1 aromatic heterocycles. The minimum Gasteiger partial charge on any atom is -0.462 e. The van der Waals surface area contributed by atoms with E-state index in [1.54, 1.807) is 0 Å². The van der Waals surface area contributed by atoms with Gasteiger partial charge in [0.2, 0.25) is 12.2 Å². The quantitative estimate of drug-likeness (QED) is 0.0899. The zero-order chi connectivity index (χ0) is 28.3. The summed E-state index contributed by atoms with van der Waals surface area (Å²) in [6.07, 6.45) is 5.55. The zero-order valence-corrected chi connectivity index (χ0v) is 22.0. The molecule has 38 heavy (non-hydrogen) atoms. The molecule has 0 aromatic carbocycles. The number of amides is 2. The van der Waals surface area contributed by atoms with Crippen molar-refractivity contribution in [2.75, 3.05) is 39.5 Å². The van der Waals surface area contributed by atoms with Gasteiger partial charge in [0.25, 0.3) is 0 Å². The zero-order valence-electron chi connectivity index (χ0n) is 22.0. The lowest BCUT2D eigenvalue weighted by Crippen LogP contribution is -2.36. The topological polar surface area (TPSA) is 155 Å². The van der Waals surface area contributed by atoms with Crippen LogP contribution in [0.25, 0.3) is 0 Å². The van der Waals surface area contributed by atoms with Crippen LogP contribution >= 0.6 is 0 Å². The van der Waals surface area contributed by atoms with Gasteiger partial charge < -0.3 is 29.6 Å². The summed E-state index contributed by atoms with van der Waals surface area (Å²) in [5, 5.41) is 5.23. The Bertz CT molecular complexity index is 987. The number of nitrogens with zero attached hydrogens (tertiary/aromatic N) is 2. The summed E-state index contributed by atoms with van der Waals surface area (Å²) in [7, 11) is 0. The number of hydrogen-bond donors (Lipinski definition) is 2. The summed E-state index contributed by atoms with van der Waals surface area (Å²) >= 11 is 0. The van der Waals surface area contributed by atoms with E-state index in [0.29, 0.717) is 26.1 Å². The Morgan fingerprint density at radius 2 is 1.47 bits per heavy atom. The highest BCUT2D eigenvalue weighted by Gasteiger charge is 2.10. The number of imidazole rings is 1. The molecule has 1 rings (SSSR count). The molecule has 0 unspecified atom stereocenters. The average molecular weight is 538 g/mol. The highest BCUT2D eigenvalue weighted by molar-refractivity contribution is 5.87. The van der Waals surface area contributed by atoms with Crippen LogP contribution in [0.1, 0.15) is 33.1 Å². The van der Waals surface area contributed by atoms with Gasteiger partial charge in [-0.15, -0.1) is 0 Å². The van der Waals surface area contributed by atoms with Crippen LogP contribution in [-0.2, 0) is 51.2 Å². The van der Waals surface area contributed by atoms with E-state index in [-0.39, 0.29) is 62.9 Å². The van der Waals surface area contributed by atoms with Crippen molar-refractivity contribution in [3.63, 3.8) is 0 Å². The van der Waals surface area contributed by atoms with Crippen LogP contribution in [0.15, 0.2) is 43.0 Å². The van der Waals surface area contributed by atoms with E-state index in [0.717, 1.165) is 0 Å². The monoisotopic (exact) mass is 537 g/mol. The molecule has 1 aromatic rings. The van der Waals surface area contributed by atoms with E-state index in [2.05, 4.69) is 23.8 Å². The number of hydrogen-bond acceptors (Lipinski definition) is 9. The van der Waals surface area contributed by atoms with Gasteiger partial charge in [-0.1, -0.05) is 13.2 Å². The molecule has 13 nitrogen and oxygen atoms in total. The van der Waals surface area contributed by atoms with Gasteiger partial charge in [0.15, 0.2) is 0 Å². The highest BCUT2D eigenvalue weighted by atomic mass is 16.6. The van der Waals surface area contributed by atoms with Crippen molar-refractivity contribution >= 4 is 29.9 Å². The van der Waals surface area contributed by atoms with E-state index in [1.807, 2.05) is 27.9 Å². The summed E-state index contributed by atoms with van der Waals surface area (Å²) in [6.45, 7) is 11.7. The molecular formula is C25H37N4O9+. The number of aryl methyl sites for hydroxylation is 1. The Labute approximate surface area is 221 Å². The summed E-state index contributed by atoms with van der Waals surface area (Å²) in [6, 6.07) is 0. The summed E-state index contributed by atoms with van der Waals surface area (Å²) in [4.78, 5) is 57.6. The van der Waals surface area contributed by atoms with Gasteiger partial charge in [0, 0.05) is 30.5 Å². The number of carbonyl (C=O) groups excluding carboxylic acids is 5. The second-order valence-electron chi connectivity index (χ2n) is 8.21. The molecule has 0 spiro atoms. The summed E-state index contributed by atoms with van der Waals surface area (Å²) < 4.78 is 23.4. The highest BCUT2D eigenvalue weighted by Crippen LogP contribution is 1.96. The van der Waals surface area contributed by atoms with Crippen molar-refractivity contribution < 1.29 is 47.5 Å². The van der Waals surface area contributed by atoms with Gasteiger partial charge in [-0.2, -0.15) is 0 Å². The van der Waals surface area contributed by atoms with Gasteiger partial charge >= 0.3 is 24.0 Å². The molecule has 0 atom stereocenters. The third-order valence-electron chi connectivity index (χ3n) is 4.68. The molecule has 0 fully saturated rings. The van der Waals surface area contributed by atoms with Gasteiger partial charge in [0.05, 0.1) is 19.5 Å². The molecule has 0 saturated heterocycles. The Balaban J connectivity index is 2.08. The predicted molar refractivity (Wildman–Crippen MR) is 133 cm³/mol. The molecule has 0 radical (unpaired) electrons. The summed E-state index contributed by atoms with van der Waals surface area (Å²) in [5.74, 6) is -1.88. The first-order chi connectivity index (χ1) is 18.1. The molecule has 13 heteroatoms. The maximum atomic E-state index is 11.9. The van der Waals surface area contributed by atoms with Crippen LogP contribution in [0.2, 0.25) is 0 Å². The second-order valence-corrected chi connectivity index (χ2v) is 8.21. The van der Waals surface area contributed by atoms with Gasteiger partial charge in [-0.05, 0) is 13.8 Å². The third kappa shape index (κ3) is 15.1. The van der Waals surface area contributed by atoms with Crippen LogP contribution in [-0.4, -0.2) is 74.0 Å². The fourth-order valence-electron chi connectivity index (χ4n) is 2.70. The Morgan fingerprint density at radius 1 is 0.816 bits per heavy atom. The van der Waals surface area contributed by atoms with E-state index in [1.165, 1.54) is 13.8 Å². The lowest BCUT2D eigenvalue weighted by Gasteiger charge is -2.07. The van der Waals surface area contributed by atoms with Crippen LogP contribution < -0.4 is 15.2 Å². The van der Waals surface area contributed by atoms with Crippen molar-refractivity contribution in [2.24, 2.45) is 0 Å². The van der Waals surface area contributed by atoms with Gasteiger partial charge in [0.1, 0.15) is 45.4 Å². The number of alkyl carbamates (subject to hydrolysis) is 1. The molecule has 0 aliphatic heterocycles.